The average molecular weight is 317 g/mol. The van der Waals surface area contributed by atoms with Gasteiger partial charge >= 0.3 is 0 Å². The number of rotatable bonds is 4. The second kappa shape index (κ2) is 6.79. The van der Waals surface area contributed by atoms with Crippen LogP contribution in [0.4, 0.5) is 5.69 Å². The Bertz CT molecular complexity index is 495. The number of nitrogens with one attached hydrogen (secondary N) is 1. The van der Waals surface area contributed by atoms with Crippen molar-refractivity contribution in [2.45, 2.75) is 46.6 Å². The van der Waals surface area contributed by atoms with Gasteiger partial charge in [-0.1, -0.05) is 44.0 Å². The fourth-order valence-electron chi connectivity index (χ4n) is 2.04. The van der Waals surface area contributed by atoms with Gasteiger partial charge in [-0.15, -0.1) is 0 Å². The lowest BCUT2D eigenvalue weighted by Gasteiger charge is -2.22. The molecule has 0 spiro atoms. The molecule has 0 bridgehead atoms. The first kappa shape index (κ1) is 17.3. The van der Waals surface area contributed by atoms with Crippen molar-refractivity contribution in [1.29, 1.82) is 0 Å². The zero-order valence-electron chi connectivity index (χ0n) is 12.4. The van der Waals surface area contributed by atoms with E-state index in [1.54, 1.807) is 12.1 Å². The molecule has 0 aliphatic rings. The summed E-state index contributed by atoms with van der Waals surface area (Å²) < 4.78 is 0. The Morgan fingerprint density at radius 1 is 1.30 bits per heavy atom. The van der Waals surface area contributed by atoms with Crippen LogP contribution in [0.1, 0.15) is 39.2 Å². The molecule has 1 rings (SSSR count). The molecule has 0 aliphatic carbocycles. The maximum absolute atomic E-state index is 12.0. The Morgan fingerprint density at radius 3 is 2.45 bits per heavy atom. The number of nitrogens with two attached hydrogens (primary N) is 1. The number of carbonyl (C=O) groups excluding carboxylic acids is 1. The first-order valence-electron chi connectivity index (χ1n) is 6.59. The van der Waals surface area contributed by atoms with E-state index in [9.17, 15) is 4.79 Å². The van der Waals surface area contributed by atoms with Gasteiger partial charge in [0, 0.05) is 17.5 Å². The third kappa shape index (κ3) is 5.70. The van der Waals surface area contributed by atoms with E-state index in [1.807, 2.05) is 6.92 Å². The molecule has 1 atom stereocenters. The van der Waals surface area contributed by atoms with Gasteiger partial charge in [0.1, 0.15) is 0 Å². The number of amides is 1. The molecule has 0 fully saturated rings. The monoisotopic (exact) mass is 316 g/mol. The van der Waals surface area contributed by atoms with Crippen LogP contribution in [0.3, 0.4) is 0 Å². The molecule has 0 heterocycles. The second-order valence-electron chi connectivity index (χ2n) is 6.36. The van der Waals surface area contributed by atoms with E-state index in [2.05, 4.69) is 26.1 Å². The van der Waals surface area contributed by atoms with E-state index in [1.165, 1.54) is 0 Å². The number of anilines is 1. The van der Waals surface area contributed by atoms with Gasteiger partial charge in [0.05, 0.1) is 10.7 Å². The third-order valence-corrected chi connectivity index (χ3v) is 3.56. The number of benzene rings is 1. The minimum Gasteiger partial charge on any atom is -0.327 e. The highest BCUT2D eigenvalue weighted by Gasteiger charge is 2.18. The highest BCUT2D eigenvalue weighted by atomic mass is 35.5. The maximum atomic E-state index is 12.0. The van der Waals surface area contributed by atoms with Crippen LogP contribution < -0.4 is 11.1 Å². The fourth-order valence-corrected chi connectivity index (χ4v) is 2.47. The normalized spacial score (nSPS) is 13.2. The summed E-state index contributed by atoms with van der Waals surface area (Å²) in [6, 6.07) is 3.22. The summed E-state index contributed by atoms with van der Waals surface area (Å²) in [4.78, 5) is 12.0. The zero-order chi connectivity index (χ0) is 15.5. The molecular weight excluding hydrogens is 295 g/mol. The molecule has 1 aromatic rings. The number of hydrogen-bond acceptors (Lipinski definition) is 2. The molecule has 0 saturated heterocycles. The van der Waals surface area contributed by atoms with Crippen LogP contribution in [-0.4, -0.2) is 11.9 Å². The van der Waals surface area contributed by atoms with E-state index in [0.717, 1.165) is 12.0 Å². The van der Waals surface area contributed by atoms with Crippen LogP contribution in [0.25, 0.3) is 0 Å². The molecule has 0 radical (unpaired) electrons. The quantitative estimate of drug-likeness (QED) is 0.865. The lowest BCUT2D eigenvalue weighted by Crippen LogP contribution is -2.31. The average Bonchev–Trinajstić information content (AvgIpc) is 2.22. The van der Waals surface area contributed by atoms with Gasteiger partial charge in [-0.2, -0.15) is 0 Å². The Hall–Kier alpha value is -0.770. The predicted molar refractivity (Wildman–Crippen MR) is 86.5 cm³/mol. The van der Waals surface area contributed by atoms with Gasteiger partial charge in [-0.05, 0) is 36.5 Å². The third-order valence-electron chi connectivity index (χ3n) is 2.84. The van der Waals surface area contributed by atoms with Crippen molar-refractivity contribution in [2.24, 2.45) is 11.1 Å². The summed E-state index contributed by atoms with van der Waals surface area (Å²) in [6.07, 6.45) is 1.04. The maximum Gasteiger partial charge on any atom is 0.225 e. The van der Waals surface area contributed by atoms with Crippen molar-refractivity contribution in [3.05, 3.63) is 27.7 Å². The van der Waals surface area contributed by atoms with E-state index < -0.39 is 0 Å². The fraction of sp³-hybridized carbons (Fsp3) is 0.533. The lowest BCUT2D eigenvalue weighted by atomic mass is 9.87. The van der Waals surface area contributed by atoms with Crippen molar-refractivity contribution in [3.8, 4) is 0 Å². The highest BCUT2D eigenvalue weighted by molar-refractivity contribution is 6.36. The van der Waals surface area contributed by atoms with E-state index in [0.29, 0.717) is 15.7 Å². The minimum atomic E-state index is -0.172. The number of halogens is 2. The van der Waals surface area contributed by atoms with E-state index in [-0.39, 0.29) is 23.8 Å². The van der Waals surface area contributed by atoms with Crippen LogP contribution >= 0.6 is 23.2 Å². The SMILES string of the molecule is Cc1cc(Cl)c(NC(=O)CC(N)CC(C)(C)C)cc1Cl. The van der Waals surface area contributed by atoms with Crippen LogP contribution in [0, 0.1) is 12.3 Å². The van der Waals surface area contributed by atoms with Crippen LogP contribution in [-0.2, 0) is 4.79 Å². The summed E-state index contributed by atoms with van der Waals surface area (Å²) in [6.45, 7) is 8.16. The number of hydrogen-bond donors (Lipinski definition) is 2. The molecular formula is C15H22Cl2N2O. The van der Waals surface area contributed by atoms with Gasteiger partial charge < -0.3 is 11.1 Å². The van der Waals surface area contributed by atoms with Crippen LogP contribution in [0.15, 0.2) is 12.1 Å². The summed E-state index contributed by atoms with van der Waals surface area (Å²) in [5.41, 5.74) is 7.49. The zero-order valence-corrected chi connectivity index (χ0v) is 13.9. The summed E-state index contributed by atoms with van der Waals surface area (Å²) in [7, 11) is 0. The van der Waals surface area contributed by atoms with E-state index in [4.69, 9.17) is 28.9 Å². The smallest absolute Gasteiger partial charge is 0.225 e. The summed E-state index contributed by atoms with van der Waals surface area (Å²) in [5, 5.41) is 3.81. The lowest BCUT2D eigenvalue weighted by molar-refractivity contribution is -0.116. The first-order chi connectivity index (χ1) is 9.08. The molecule has 3 N–H and O–H groups in total. The standard InChI is InChI=1S/C15H22Cl2N2O/c1-9-5-12(17)13(7-11(9)16)19-14(20)6-10(18)8-15(2,3)4/h5,7,10H,6,8,18H2,1-4H3,(H,19,20). The molecule has 1 amide bonds. The van der Waals surface area contributed by atoms with Gasteiger partial charge in [0.25, 0.3) is 0 Å². The molecule has 5 heteroatoms. The summed E-state index contributed by atoms with van der Waals surface area (Å²) >= 11 is 12.1. The molecule has 3 nitrogen and oxygen atoms in total. The van der Waals surface area contributed by atoms with Crippen molar-refractivity contribution in [2.75, 3.05) is 5.32 Å². The number of carbonyl (C=O) groups is 1. The van der Waals surface area contributed by atoms with Gasteiger partial charge in [-0.3, -0.25) is 4.79 Å². The van der Waals surface area contributed by atoms with Crippen molar-refractivity contribution >= 4 is 34.8 Å². The molecule has 0 aliphatic heterocycles. The minimum absolute atomic E-state index is 0.102. The van der Waals surface area contributed by atoms with Crippen LogP contribution in [0.5, 0.6) is 0 Å². The van der Waals surface area contributed by atoms with Crippen LogP contribution in [0.2, 0.25) is 10.0 Å². The molecule has 1 unspecified atom stereocenters. The summed E-state index contributed by atoms with van der Waals surface area (Å²) in [5.74, 6) is -0.149. The Labute approximate surface area is 130 Å². The molecule has 1 aromatic carbocycles. The second-order valence-corrected chi connectivity index (χ2v) is 7.17. The van der Waals surface area contributed by atoms with Crippen molar-refractivity contribution in [3.63, 3.8) is 0 Å². The molecule has 20 heavy (non-hydrogen) atoms. The highest BCUT2D eigenvalue weighted by Crippen LogP contribution is 2.29. The first-order valence-corrected chi connectivity index (χ1v) is 7.35. The Kier molecular flexibility index (Phi) is 5.87. The van der Waals surface area contributed by atoms with Gasteiger partial charge in [-0.25, -0.2) is 0 Å². The number of aryl methyl sites for hydroxylation is 1. The van der Waals surface area contributed by atoms with Gasteiger partial charge in [0.2, 0.25) is 5.91 Å². The molecule has 0 saturated carbocycles. The predicted octanol–water partition coefficient (Wildman–Crippen LogP) is 4.39. The molecule has 0 aromatic heterocycles. The van der Waals surface area contributed by atoms with Gasteiger partial charge in [0.15, 0.2) is 0 Å². The van der Waals surface area contributed by atoms with Crippen molar-refractivity contribution in [1.82, 2.24) is 0 Å². The molecule has 112 valence electrons. The van der Waals surface area contributed by atoms with E-state index >= 15 is 0 Å². The largest absolute Gasteiger partial charge is 0.327 e. The van der Waals surface area contributed by atoms with Crippen molar-refractivity contribution < 1.29 is 4.79 Å². The Morgan fingerprint density at radius 2 is 1.90 bits per heavy atom. The Balaban J connectivity index is 2.65. The topological polar surface area (TPSA) is 55.1 Å².